The average molecular weight is 388 g/mol. The van der Waals surface area contributed by atoms with Crippen LogP contribution in [0.3, 0.4) is 0 Å². The molecule has 1 aromatic heterocycles. The van der Waals surface area contributed by atoms with Crippen LogP contribution in [0.1, 0.15) is 16.1 Å². The molecule has 0 aliphatic rings. The van der Waals surface area contributed by atoms with Gasteiger partial charge < -0.3 is 23.9 Å². The van der Waals surface area contributed by atoms with Crippen LogP contribution in [0.15, 0.2) is 59.2 Å². The topological polar surface area (TPSA) is 69.9 Å². The summed E-state index contributed by atoms with van der Waals surface area (Å²) in [6.45, 7) is 0.198. The second kappa shape index (κ2) is 8.51. The quantitative estimate of drug-likeness (QED) is 0.631. The van der Waals surface area contributed by atoms with Crippen molar-refractivity contribution in [2.45, 2.75) is 6.61 Å². The van der Waals surface area contributed by atoms with E-state index in [2.05, 4.69) is 5.32 Å². The fourth-order valence-corrected chi connectivity index (χ4v) is 2.70. The molecule has 0 aliphatic heterocycles. The summed E-state index contributed by atoms with van der Waals surface area (Å²) in [4.78, 5) is 12.7. The maximum absolute atomic E-state index is 12.7. The van der Waals surface area contributed by atoms with E-state index in [1.807, 2.05) is 30.3 Å². The van der Waals surface area contributed by atoms with E-state index in [0.29, 0.717) is 33.5 Å². The van der Waals surface area contributed by atoms with Gasteiger partial charge in [-0.2, -0.15) is 0 Å². The highest BCUT2D eigenvalue weighted by Gasteiger charge is 2.19. The van der Waals surface area contributed by atoms with E-state index in [-0.39, 0.29) is 12.4 Å². The molecule has 0 radical (unpaired) electrons. The molecular weight excluding hydrogens is 370 g/mol. The van der Waals surface area contributed by atoms with Crippen molar-refractivity contribution in [2.75, 3.05) is 19.5 Å². The van der Waals surface area contributed by atoms with Crippen molar-refractivity contribution >= 4 is 23.2 Å². The van der Waals surface area contributed by atoms with Crippen LogP contribution in [-0.4, -0.2) is 20.1 Å². The largest absolute Gasteiger partial charge is 0.495 e. The Bertz CT molecular complexity index is 923. The van der Waals surface area contributed by atoms with Crippen molar-refractivity contribution in [3.8, 4) is 17.2 Å². The second-order valence-corrected chi connectivity index (χ2v) is 5.93. The van der Waals surface area contributed by atoms with Crippen molar-refractivity contribution in [3.05, 3.63) is 71.1 Å². The summed E-state index contributed by atoms with van der Waals surface area (Å²) in [6, 6.07) is 14.2. The Hall–Kier alpha value is -3.12. The summed E-state index contributed by atoms with van der Waals surface area (Å²) < 4.78 is 21.5. The van der Waals surface area contributed by atoms with Gasteiger partial charge in [0, 0.05) is 11.6 Å². The van der Waals surface area contributed by atoms with E-state index in [1.54, 1.807) is 18.2 Å². The SMILES string of the molecule is COc1cc(OC)c(NC(=O)c2occc2COc2ccccc2)cc1Cl. The smallest absolute Gasteiger partial charge is 0.291 e. The molecule has 140 valence electrons. The van der Waals surface area contributed by atoms with Crippen LogP contribution in [0.4, 0.5) is 5.69 Å². The monoisotopic (exact) mass is 387 g/mol. The van der Waals surface area contributed by atoms with Crippen molar-refractivity contribution in [1.82, 2.24) is 0 Å². The van der Waals surface area contributed by atoms with E-state index < -0.39 is 5.91 Å². The zero-order valence-electron chi connectivity index (χ0n) is 14.8. The van der Waals surface area contributed by atoms with Crippen LogP contribution in [0, 0.1) is 0 Å². The summed E-state index contributed by atoms with van der Waals surface area (Å²) in [5.41, 5.74) is 1.02. The fourth-order valence-electron chi connectivity index (χ4n) is 2.46. The van der Waals surface area contributed by atoms with E-state index in [4.69, 9.17) is 30.2 Å². The van der Waals surface area contributed by atoms with Gasteiger partial charge in [0.1, 0.15) is 23.9 Å². The van der Waals surface area contributed by atoms with Crippen LogP contribution in [0.25, 0.3) is 0 Å². The molecule has 6 nitrogen and oxygen atoms in total. The zero-order valence-corrected chi connectivity index (χ0v) is 15.6. The van der Waals surface area contributed by atoms with Gasteiger partial charge in [-0.25, -0.2) is 0 Å². The highest BCUT2D eigenvalue weighted by molar-refractivity contribution is 6.32. The van der Waals surface area contributed by atoms with Crippen molar-refractivity contribution in [2.24, 2.45) is 0 Å². The number of methoxy groups -OCH3 is 2. The lowest BCUT2D eigenvalue weighted by atomic mass is 10.2. The van der Waals surface area contributed by atoms with Gasteiger partial charge in [0.2, 0.25) is 0 Å². The second-order valence-electron chi connectivity index (χ2n) is 5.52. The minimum atomic E-state index is -0.439. The number of furan rings is 1. The first-order valence-corrected chi connectivity index (χ1v) is 8.47. The number of halogens is 1. The predicted molar refractivity (Wildman–Crippen MR) is 102 cm³/mol. The number of ether oxygens (including phenoxy) is 3. The third kappa shape index (κ3) is 4.35. The van der Waals surface area contributed by atoms with E-state index >= 15 is 0 Å². The first-order valence-electron chi connectivity index (χ1n) is 8.09. The van der Waals surface area contributed by atoms with Crippen molar-refractivity contribution in [3.63, 3.8) is 0 Å². The van der Waals surface area contributed by atoms with Crippen molar-refractivity contribution < 1.29 is 23.4 Å². The summed E-state index contributed by atoms with van der Waals surface area (Å²) >= 11 is 6.14. The number of hydrogen-bond donors (Lipinski definition) is 1. The van der Waals surface area contributed by atoms with Crippen LogP contribution in [0.5, 0.6) is 17.2 Å². The highest BCUT2D eigenvalue weighted by atomic mass is 35.5. The van der Waals surface area contributed by atoms with Gasteiger partial charge in [0.05, 0.1) is 31.2 Å². The number of rotatable bonds is 7. The first-order chi connectivity index (χ1) is 13.1. The lowest BCUT2D eigenvalue weighted by Gasteiger charge is -2.13. The molecule has 1 amide bonds. The molecule has 0 atom stereocenters. The van der Waals surface area contributed by atoms with Gasteiger partial charge >= 0.3 is 0 Å². The molecule has 0 fully saturated rings. The standard InChI is InChI=1S/C20H18ClNO5/c1-24-17-11-18(25-2)16(10-15(17)21)22-20(23)19-13(8-9-26-19)12-27-14-6-4-3-5-7-14/h3-11H,12H2,1-2H3,(H,22,23). The number of carbonyl (C=O) groups excluding carboxylic acids is 1. The summed E-state index contributed by atoms with van der Waals surface area (Å²) in [5, 5.41) is 3.09. The van der Waals surface area contributed by atoms with Gasteiger partial charge in [-0.05, 0) is 24.3 Å². The van der Waals surface area contributed by atoms with Gasteiger partial charge in [-0.15, -0.1) is 0 Å². The van der Waals surface area contributed by atoms with Gasteiger partial charge in [-0.3, -0.25) is 4.79 Å². The third-order valence-electron chi connectivity index (χ3n) is 3.81. The molecule has 2 aromatic carbocycles. The van der Waals surface area contributed by atoms with Gasteiger partial charge in [0.25, 0.3) is 5.91 Å². The Morgan fingerprint density at radius 3 is 2.52 bits per heavy atom. The molecule has 7 heteroatoms. The third-order valence-corrected chi connectivity index (χ3v) is 4.11. The predicted octanol–water partition coefficient (Wildman–Crippen LogP) is 4.78. The molecule has 3 aromatic rings. The first kappa shape index (κ1) is 18.7. The average Bonchev–Trinajstić information content (AvgIpc) is 3.16. The van der Waals surface area contributed by atoms with E-state index in [9.17, 15) is 4.79 Å². The Labute approximate surface area is 161 Å². The minimum absolute atomic E-state index is 0.153. The number of amides is 1. The molecule has 0 bridgehead atoms. The van der Waals surface area contributed by atoms with Crippen molar-refractivity contribution in [1.29, 1.82) is 0 Å². The molecule has 0 aliphatic carbocycles. The van der Waals surface area contributed by atoms with E-state index in [0.717, 1.165) is 0 Å². The lowest BCUT2D eigenvalue weighted by Crippen LogP contribution is -2.14. The Kier molecular flexibility index (Phi) is 5.88. The van der Waals surface area contributed by atoms with Gasteiger partial charge in [0.15, 0.2) is 5.76 Å². The summed E-state index contributed by atoms with van der Waals surface area (Å²) in [6.07, 6.45) is 1.44. The number of anilines is 1. The Balaban J connectivity index is 1.76. The maximum Gasteiger partial charge on any atom is 0.291 e. The molecule has 0 spiro atoms. The molecule has 1 N–H and O–H groups in total. The number of hydrogen-bond acceptors (Lipinski definition) is 5. The molecule has 0 unspecified atom stereocenters. The van der Waals surface area contributed by atoms with Gasteiger partial charge in [-0.1, -0.05) is 29.8 Å². The summed E-state index contributed by atoms with van der Waals surface area (Å²) in [5.74, 6) is 1.28. The Morgan fingerprint density at radius 1 is 1.07 bits per heavy atom. The normalized spacial score (nSPS) is 10.3. The van der Waals surface area contributed by atoms with Crippen LogP contribution in [0.2, 0.25) is 5.02 Å². The molecule has 27 heavy (non-hydrogen) atoms. The van der Waals surface area contributed by atoms with Crippen LogP contribution >= 0.6 is 11.6 Å². The molecular formula is C20H18ClNO5. The number of para-hydroxylation sites is 1. The lowest BCUT2D eigenvalue weighted by molar-refractivity contribution is 0.0993. The van der Waals surface area contributed by atoms with E-state index in [1.165, 1.54) is 20.5 Å². The maximum atomic E-state index is 12.7. The molecule has 0 saturated heterocycles. The Morgan fingerprint density at radius 2 is 1.81 bits per heavy atom. The highest BCUT2D eigenvalue weighted by Crippen LogP contribution is 2.36. The van der Waals surface area contributed by atoms with Crippen LogP contribution in [-0.2, 0) is 6.61 Å². The molecule has 1 heterocycles. The molecule has 0 saturated carbocycles. The number of carbonyl (C=O) groups is 1. The number of benzene rings is 2. The summed E-state index contributed by atoms with van der Waals surface area (Å²) in [7, 11) is 2.99. The minimum Gasteiger partial charge on any atom is -0.495 e. The molecule has 3 rings (SSSR count). The number of nitrogens with one attached hydrogen (secondary N) is 1. The zero-order chi connectivity index (χ0) is 19.2. The fraction of sp³-hybridized carbons (Fsp3) is 0.150. The van der Waals surface area contributed by atoms with Crippen LogP contribution < -0.4 is 19.5 Å².